The number of aromatic nitrogens is 4. The number of nitrogens with one attached hydrogen (secondary N) is 1. The van der Waals surface area contributed by atoms with Crippen molar-refractivity contribution in [2.75, 3.05) is 11.1 Å². The van der Waals surface area contributed by atoms with Crippen LogP contribution in [0.1, 0.15) is 11.4 Å². The van der Waals surface area contributed by atoms with Crippen molar-refractivity contribution in [1.29, 1.82) is 0 Å². The van der Waals surface area contributed by atoms with Gasteiger partial charge < -0.3 is 5.32 Å². The number of benzene rings is 1. The van der Waals surface area contributed by atoms with Gasteiger partial charge in [0.25, 0.3) is 0 Å². The van der Waals surface area contributed by atoms with Gasteiger partial charge in [-0.05, 0) is 19.9 Å². The molecule has 1 N–H and O–H groups in total. The van der Waals surface area contributed by atoms with Gasteiger partial charge in [0.05, 0.1) is 23.8 Å². The molecular weight excluding hydrogens is 334 g/mol. The SMILES string of the molecule is Cc1cc(C)nc(SCC(=O)Nc2cnc(-c3ccccc3)nc2)n1. The average Bonchev–Trinajstić information content (AvgIpc) is 2.61. The van der Waals surface area contributed by atoms with Crippen molar-refractivity contribution < 1.29 is 4.79 Å². The Kier molecular flexibility index (Phi) is 5.35. The molecule has 7 heteroatoms. The van der Waals surface area contributed by atoms with E-state index in [0.29, 0.717) is 16.7 Å². The van der Waals surface area contributed by atoms with E-state index in [9.17, 15) is 4.79 Å². The van der Waals surface area contributed by atoms with Crippen molar-refractivity contribution in [3.8, 4) is 11.4 Å². The van der Waals surface area contributed by atoms with E-state index in [-0.39, 0.29) is 11.7 Å². The Labute approximate surface area is 150 Å². The van der Waals surface area contributed by atoms with E-state index < -0.39 is 0 Å². The summed E-state index contributed by atoms with van der Waals surface area (Å²) in [5, 5.41) is 3.38. The highest BCUT2D eigenvalue weighted by Gasteiger charge is 2.08. The average molecular weight is 351 g/mol. The molecule has 3 rings (SSSR count). The molecule has 0 spiro atoms. The predicted octanol–water partition coefficient (Wildman–Crippen LogP) is 3.28. The van der Waals surface area contributed by atoms with Crippen molar-refractivity contribution >= 4 is 23.4 Å². The maximum atomic E-state index is 12.1. The molecule has 0 fully saturated rings. The van der Waals surface area contributed by atoms with E-state index in [0.717, 1.165) is 17.0 Å². The summed E-state index contributed by atoms with van der Waals surface area (Å²) in [5.41, 5.74) is 3.27. The minimum atomic E-state index is -0.149. The summed E-state index contributed by atoms with van der Waals surface area (Å²) in [5.74, 6) is 0.698. The minimum absolute atomic E-state index is 0.149. The van der Waals surface area contributed by atoms with Gasteiger partial charge in [0.15, 0.2) is 11.0 Å². The predicted molar refractivity (Wildman–Crippen MR) is 98.3 cm³/mol. The summed E-state index contributed by atoms with van der Waals surface area (Å²) in [6.45, 7) is 3.81. The minimum Gasteiger partial charge on any atom is -0.323 e. The Morgan fingerprint density at radius 2 is 1.68 bits per heavy atom. The van der Waals surface area contributed by atoms with Gasteiger partial charge in [-0.2, -0.15) is 0 Å². The van der Waals surface area contributed by atoms with Crippen LogP contribution in [0.5, 0.6) is 0 Å². The van der Waals surface area contributed by atoms with Crippen LogP contribution in [-0.2, 0) is 4.79 Å². The largest absolute Gasteiger partial charge is 0.323 e. The van der Waals surface area contributed by atoms with Crippen LogP contribution < -0.4 is 5.32 Å². The fraction of sp³-hybridized carbons (Fsp3) is 0.167. The monoisotopic (exact) mass is 351 g/mol. The van der Waals surface area contributed by atoms with Gasteiger partial charge in [-0.15, -0.1) is 0 Å². The summed E-state index contributed by atoms with van der Waals surface area (Å²) in [6, 6.07) is 11.6. The van der Waals surface area contributed by atoms with Crippen molar-refractivity contribution in [3.63, 3.8) is 0 Å². The van der Waals surface area contributed by atoms with Crippen LogP contribution in [-0.4, -0.2) is 31.6 Å². The lowest BCUT2D eigenvalue weighted by molar-refractivity contribution is -0.113. The number of nitrogens with zero attached hydrogens (tertiary/aromatic N) is 4. The Morgan fingerprint density at radius 3 is 2.32 bits per heavy atom. The zero-order chi connectivity index (χ0) is 17.6. The molecule has 3 aromatic rings. The fourth-order valence-corrected chi connectivity index (χ4v) is 2.96. The summed E-state index contributed by atoms with van der Waals surface area (Å²) in [6.07, 6.45) is 3.20. The maximum absolute atomic E-state index is 12.1. The molecule has 0 saturated carbocycles. The highest BCUT2D eigenvalue weighted by molar-refractivity contribution is 7.99. The quantitative estimate of drug-likeness (QED) is 0.561. The molecule has 0 bridgehead atoms. The van der Waals surface area contributed by atoms with E-state index in [1.807, 2.05) is 50.2 Å². The van der Waals surface area contributed by atoms with E-state index in [1.165, 1.54) is 11.8 Å². The van der Waals surface area contributed by atoms with Crippen LogP contribution >= 0.6 is 11.8 Å². The third kappa shape index (κ3) is 4.84. The van der Waals surface area contributed by atoms with E-state index >= 15 is 0 Å². The Bertz CT molecular complexity index is 848. The van der Waals surface area contributed by atoms with E-state index in [2.05, 4.69) is 25.3 Å². The number of anilines is 1. The summed E-state index contributed by atoms with van der Waals surface area (Å²) in [4.78, 5) is 29.3. The Balaban J connectivity index is 1.57. The molecule has 0 unspecified atom stereocenters. The van der Waals surface area contributed by atoms with Crippen molar-refractivity contribution in [2.45, 2.75) is 19.0 Å². The second kappa shape index (κ2) is 7.85. The molecule has 1 amide bonds. The first-order chi connectivity index (χ1) is 12.1. The lowest BCUT2D eigenvalue weighted by Gasteiger charge is -2.06. The molecule has 126 valence electrons. The molecule has 0 aliphatic heterocycles. The number of aryl methyl sites for hydroxylation is 2. The van der Waals surface area contributed by atoms with E-state index in [4.69, 9.17) is 0 Å². The fourth-order valence-electron chi connectivity index (χ4n) is 2.21. The smallest absolute Gasteiger partial charge is 0.234 e. The highest BCUT2D eigenvalue weighted by atomic mass is 32.2. The third-order valence-corrected chi connectivity index (χ3v) is 4.11. The lowest BCUT2D eigenvalue weighted by Crippen LogP contribution is -2.15. The number of carbonyl (C=O) groups excluding carboxylic acids is 1. The van der Waals surface area contributed by atoms with Crippen molar-refractivity contribution in [3.05, 3.63) is 60.2 Å². The first-order valence-corrected chi connectivity index (χ1v) is 8.71. The van der Waals surface area contributed by atoms with Gasteiger partial charge >= 0.3 is 0 Å². The second-order valence-electron chi connectivity index (χ2n) is 5.43. The molecule has 1 aromatic carbocycles. The van der Waals surface area contributed by atoms with Crippen molar-refractivity contribution in [1.82, 2.24) is 19.9 Å². The highest BCUT2D eigenvalue weighted by Crippen LogP contribution is 2.16. The summed E-state index contributed by atoms with van der Waals surface area (Å²) < 4.78 is 0. The molecular formula is C18H17N5OS. The molecule has 0 atom stereocenters. The van der Waals surface area contributed by atoms with E-state index in [1.54, 1.807) is 12.4 Å². The molecule has 0 saturated heterocycles. The number of hydrogen-bond donors (Lipinski definition) is 1. The zero-order valence-electron chi connectivity index (χ0n) is 13.9. The first kappa shape index (κ1) is 17.0. The zero-order valence-corrected chi connectivity index (χ0v) is 14.7. The molecule has 6 nitrogen and oxygen atoms in total. The van der Waals surface area contributed by atoms with Gasteiger partial charge in [0.1, 0.15) is 0 Å². The van der Waals surface area contributed by atoms with Gasteiger partial charge in [0, 0.05) is 17.0 Å². The number of carbonyl (C=O) groups is 1. The van der Waals surface area contributed by atoms with Crippen molar-refractivity contribution in [2.24, 2.45) is 0 Å². The molecule has 0 radical (unpaired) electrons. The summed E-state index contributed by atoms with van der Waals surface area (Å²) >= 11 is 1.30. The standard InChI is InChI=1S/C18H17N5OS/c1-12-8-13(2)22-18(21-12)25-11-16(24)23-15-9-19-17(20-10-15)14-6-4-3-5-7-14/h3-10H,11H2,1-2H3,(H,23,24). The Morgan fingerprint density at radius 1 is 1.04 bits per heavy atom. The van der Waals surface area contributed by atoms with Crippen LogP contribution in [0.2, 0.25) is 0 Å². The second-order valence-corrected chi connectivity index (χ2v) is 6.37. The molecule has 0 aliphatic rings. The van der Waals surface area contributed by atoms with Crippen LogP contribution in [0, 0.1) is 13.8 Å². The van der Waals surface area contributed by atoms with Crippen LogP contribution in [0.25, 0.3) is 11.4 Å². The molecule has 2 aromatic heterocycles. The summed E-state index contributed by atoms with van der Waals surface area (Å²) in [7, 11) is 0. The normalized spacial score (nSPS) is 10.5. The number of hydrogen-bond acceptors (Lipinski definition) is 6. The number of thioether (sulfide) groups is 1. The van der Waals surface area contributed by atoms with Gasteiger partial charge in [-0.1, -0.05) is 42.1 Å². The lowest BCUT2D eigenvalue weighted by atomic mass is 10.2. The molecule has 0 aliphatic carbocycles. The number of rotatable bonds is 5. The third-order valence-electron chi connectivity index (χ3n) is 3.26. The first-order valence-electron chi connectivity index (χ1n) is 7.72. The van der Waals surface area contributed by atoms with Crippen LogP contribution in [0.3, 0.4) is 0 Å². The Hall–Kier alpha value is -2.80. The van der Waals surface area contributed by atoms with Gasteiger partial charge in [0.2, 0.25) is 5.91 Å². The molecule has 25 heavy (non-hydrogen) atoms. The number of amides is 1. The van der Waals surface area contributed by atoms with Crippen LogP contribution in [0.15, 0.2) is 53.9 Å². The van der Waals surface area contributed by atoms with Crippen LogP contribution in [0.4, 0.5) is 5.69 Å². The topological polar surface area (TPSA) is 80.7 Å². The van der Waals surface area contributed by atoms with Gasteiger partial charge in [-0.25, -0.2) is 19.9 Å². The van der Waals surface area contributed by atoms with Gasteiger partial charge in [-0.3, -0.25) is 4.79 Å². The maximum Gasteiger partial charge on any atom is 0.234 e. The molecule has 2 heterocycles.